The monoisotopic (exact) mass is 341 g/mol. The molecule has 132 valence electrons. The minimum atomic E-state index is -0.518. The van der Waals surface area contributed by atoms with E-state index in [0.717, 1.165) is 54.3 Å². The zero-order valence-electron chi connectivity index (χ0n) is 14.8. The van der Waals surface area contributed by atoms with Gasteiger partial charge in [0, 0.05) is 32.5 Å². The smallest absolute Gasteiger partial charge is 0.201 e. The van der Waals surface area contributed by atoms with Crippen molar-refractivity contribution in [1.82, 2.24) is 29.4 Å². The molecule has 1 N–H and O–H groups in total. The lowest BCUT2D eigenvalue weighted by atomic mass is 9.90. The molecule has 1 unspecified atom stereocenters. The Balaban J connectivity index is 1.56. The molecule has 1 saturated heterocycles. The van der Waals surface area contributed by atoms with E-state index in [4.69, 9.17) is 0 Å². The van der Waals surface area contributed by atoms with Crippen molar-refractivity contribution >= 4 is 11.3 Å². The highest BCUT2D eigenvalue weighted by molar-refractivity contribution is 5.72. The zero-order chi connectivity index (χ0) is 17.6. The van der Waals surface area contributed by atoms with Gasteiger partial charge in [0.15, 0.2) is 0 Å². The Morgan fingerprint density at radius 2 is 2.00 bits per heavy atom. The first-order valence-corrected chi connectivity index (χ1v) is 8.63. The molecule has 0 spiro atoms. The number of nitrogens with zero attached hydrogens (tertiary/aromatic N) is 7. The van der Waals surface area contributed by atoms with Crippen LogP contribution in [-0.2, 0) is 7.05 Å². The largest absolute Gasteiger partial charge is 0.385 e. The Labute approximate surface area is 146 Å². The number of imidazole rings is 1. The lowest BCUT2D eigenvalue weighted by molar-refractivity contribution is 0.0825. The van der Waals surface area contributed by atoms with Crippen molar-refractivity contribution in [2.75, 3.05) is 18.0 Å². The SMILES string of the molecule is Cc1nn2cnnc2c(N2CCC(C(O)c3nccn3C)CC2)c1C. The Bertz CT molecular complexity index is 892. The molecule has 3 aromatic rings. The predicted octanol–water partition coefficient (Wildman–Crippen LogP) is 1.42. The summed E-state index contributed by atoms with van der Waals surface area (Å²) in [7, 11) is 1.92. The third kappa shape index (κ3) is 2.66. The van der Waals surface area contributed by atoms with Gasteiger partial charge in [-0.1, -0.05) is 0 Å². The number of hydrogen-bond donors (Lipinski definition) is 1. The van der Waals surface area contributed by atoms with Crippen LogP contribution in [0.4, 0.5) is 5.69 Å². The van der Waals surface area contributed by atoms with Crippen LogP contribution in [0, 0.1) is 19.8 Å². The van der Waals surface area contributed by atoms with Gasteiger partial charge < -0.3 is 14.6 Å². The van der Waals surface area contributed by atoms with Crippen LogP contribution in [0.2, 0.25) is 0 Å². The molecule has 1 atom stereocenters. The van der Waals surface area contributed by atoms with Gasteiger partial charge in [0.25, 0.3) is 0 Å². The van der Waals surface area contributed by atoms with Gasteiger partial charge in [-0.05, 0) is 38.2 Å². The summed E-state index contributed by atoms with van der Waals surface area (Å²) < 4.78 is 3.64. The van der Waals surface area contributed by atoms with E-state index in [-0.39, 0.29) is 5.92 Å². The van der Waals surface area contributed by atoms with E-state index in [0.29, 0.717) is 0 Å². The van der Waals surface area contributed by atoms with E-state index in [1.807, 2.05) is 24.7 Å². The molecule has 8 heteroatoms. The second-order valence-electron chi connectivity index (χ2n) is 6.82. The molecule has 1 aliphatic heterocycles. The fourth-order valence-electron chi connectivity index (χ4n) is 3.72. The van der Waals surface area contributed by atoms with Crippen molar-refractivity contribution in [3.05, 3.63) is 35.8 Å². The average molecular weight is 341 g/mol. The maximum atomic E-state index is 10.7. The van der Waals surface area contributed by atoms with Gasteiger partial charge in [0.1, 0.15) is 18.3 Å². The minimum Gasteiger partial charge on any atom is -0.385 e. The van der Waals surface area contributed by atoms with Gasteiger partial charge in [-0.2, -0.15) is 9.61 Å². The summed E-state index contributed by atoms with van der Waals surface area (Å²) in [6.45, 7) is 5.84. The van der Waals surface area contributed by atoms with Gasteiger partial charge >= 0.3 is 0 Å². The molecule has 0 saturated carbocycles. The number of aliphatic hydroxyl groups is 1. The number of anilines is 1. The van der Waals surface area contributed by atoms with Crippen molar-refractivity contribution < 1.29 is 5.11 Å². The van der Waals surface area contributed by atoms with Crippen LogP contribution >= 0.6 is 0 Å². The molecular weight excluding hydrogens is 318 g/mol. The Hall–Kier alpha value is -2.48. The number of hydrogen-bond acceptors (Lipinski definition) is 6. The normalized spacial score (nSPS) is 17.4. The lowest BCUT2D eigenvalue weighted by Gasteiger charge is -2.36. The highest BCUT2D eigenvalue weighted by Crippen LogP contribution is 2.34. The molecule has 1 fully saturated rings. The topological polar surface area (TPSA) is 84.4 Å². The highest BCUT2D eigenvalue weighted by Gasteiger charge is 2.30. The van der Waals surface area contributed by atoms with Crippen LogP contribution in [0.3, 0.4) is 0 Å². The van der Waals surface area contributed by atoms with Gasteiger partial charge in [0.2, 0.25) is 5.65 Å². The molecule has 0 radical (unpaired) electrons. The maximum Gasteiger partial charge on any atom is 0.201 e. The second-order valence-corrected chi connectivity index (χ2v) is 6.82. The van der Waals surface area contributed by atoms with Crippen molar-refractivity contribution in [2.45, 2.75) is 32.8 Å². The molecule has 4 heterocycles. The van der Waals surface area contributed by atoms with Crippen molar-refractivity contribution in [3.63, 3.8) is 0 Å². The predicted molar refractivity (Wildman–Crippen MR) is 93.4 cm³/mol. The summed E-state index contributed by atoms with van der Waals surface area (Å²) in [5.41, 5.74) is 4.03. The summed E-state index contributed by atoms with van der Waals surface area (Å²) in [4.78, 5) is 6.64. The molecule has 0 amide bonds. The summed E-state index contributed by atoms with van der Waals surface area (Å²) in [5, 5.41) is 23.4. The number of aliphatic hydroxyl groups excluding tert-OH is 1. The van der Waals surface area contributed by atoms with E-state index < -0.39 is 6.10 Å². The lowest BCUT2D eigenvalue weighted by Crippen LogP contribution is -2.37. The number of aryl methyl sites for hydroxylation is 2. The van der Waals surface area contributed by atoms with Crippen LogP contribution in [-0.4, -0.2) is 47.6 Å². The quantitative estimate of drug-likeness (QED) is 0.776. The number of rotatable bonds is 3. The van der Waals surface area contributed by atoms with Crippen LogP contribution in [0.5, 0.6) is 0 Å². The van der Waals surface area contributed by atoms with Crippen LogP contribution in [0.15, 0.2) is 18.7 Å². The fraction of sp³-hybridized carbons (Fsp3) is 0.529. The molecule has 0 bridgehead atoms. The first-order valence-electron chi connectivity index (χ1n) is 8.63. The molecule has 4 rings (SSSR count). The third-order valence-corrected chi connectivity index (χ3v) is 5.32. The van der Waals surface area contributed by atoms with E-state index in [1.54, 1.807) is 17.0 Å². The summed E-state index contributed by atoms with van der Waals surface area (Å²) >= 11 is 0. The number of piperidine rings is 1. The first-order chi connectivity index (χ1) is 12.1. The Morgan fingerprint density at radius 3 is 2.68 bits per heavy atom. The zero-order valence-corrected chi connectivity index (χ0v) is 14.8. The average Bonchev–Trinajstić information content (AvgIpc) is 3.24. The molecule has 0 aromatic carbocycles. The summed E-state index contributed by atoms with van der Waals surface area (Å²) in [5.74, 6) is 0.962. The molecule has 3 aromatic heterocycles. The van der Waals surface area contributed by atoms with Crippen molar-refractivity contribution in [2.24, 2.45) is 13.0 Å². The molecular formula is C17H23N7O. The third-order valence-electron chi connectivity index (χ3n) is 5.32. The van der Waals surface area contributed by atoms with Crippen LogP contribution in [0.25, 0.3) is 5.65 Å². The number of aromatic nitrogens is 6. The van der Waals surface area contributed by atoms with Gasteiger partial charge in [-0.3, -0.25) is 0 Å². The van der Waals surface area contributed by atoms with E-state index >= 15 is 0 Å². The van der Waals surface area contributed by atoms with Crippen molar-refractivity contribution in [3.8, 4) is 0 Å². The summed E-state index contributed by atoms with van der Waals surface area (Å²) in [6, 6.07) is 0. The van der Waals surface area contributed by atoms with Gasteiger partial charge in [0.05, 0.1) is 11.4 Å². The number of fused-ring (bicyclic) bond motifs is 1. The van der Waals surface area contributed by atoms with Crippen LogP contribution < -0.4 is 4.90 Å². The highest BCUT2D eigenvalue weighted by atomic mass is 16.3. The minimum absolute atomic E-state index is 0.217. The van der Waals surface area contributed by atoms with Gasteiger partial charge in [-0.15, -0.1) is 10.2 Å². The molecule has 1 aliphatic rings. The van der Waals surface area contributed by atoms with E-state index in [9.17, 15) is 5.11 Å². The molecule has 8 nitrogen and oxygen atoms in total. The Morgan fingerprint density at radius 1 is 1.24 bits per heavy atom. The van der Waals surface area contributed by atoms with Gasteiger partial charge in [-0.25, -0.2) is 4.98 Å². The first kappa shape index (κ1) is 16.0. The summed E-state index contributed by atoms with van der Waals surface area (Å²) in [6.07, 6.45) is 6.56. The van der Waals surface area contributed by atoms with Crippen molar-refractivity contribution in [1.29, 1.82) is 0 Å². The Kier molecular flexibility index (Phi) is 3.91. The van der Waals surface area contributed by atoms with E-state index in [2.05, 4.69) is 32.1 Å². The fourth-order valence-corrected chi connectivity index (χ4v) is 3.72. The molecule has 0 aliphatic carbocycles. The maximum absolute atomic E-state index is 10.7. The van der Waals surface area contributed by atoms with Crippen LogP contribution in [0.1, 0.15) is 36.0 Å². The second kappa shape index (κ2) is 6.11. The van der Waals surface area contributed by atoms with E-state index in [1.165, 1.54) is 0 Å². The standard InChI is InChI=1S/C17H23N7O/c1-11-12(2)21-24-10-19-20-16(24)14(11)23-7-4-13(5-8-23)15(25)17-18-6-9-22(17)3/h6,9-10,13,15,25H,4-5,7-8H2,1-3H3. The molecule has 25 heavy (non-hydrogen) atoms.